The molecule has 0 aromatic heterocycles. The summed E-state index contributed by atoms with van der Waals surface area (Å²) in [4.78, 5) is 24.8. The molecule has 0 fully saturated rings. The van der Waals surface area contributed by atoms with Gasteiger partial charge in [-0.25, -0.2) is 4.79 Å². The predicted octanol–water partition coefficient (Wildman–Crippen LogP) is 4.15. The lowest BCUT2D eigenvalue weighted by atomic mass is 9.98. The first-order chi connectivity index (χ1) is 13.5. The normalized spacial score (nSPS) is 10.9. The number of ether oxygens (including phenoxy) is 2. The number of Topliss-reactive ketones (excluding diaryl/α,β-unsaturated/α-hetero) is 1. The molecule has 0 aliphatic heterocycles. The lowest BCUT2D eigenvalue weighted by Crippen LogP contribution is -2.16. The van der Waals surface area contributed by atoms with Crippen molar-refractivity contribution in [1.29, 1.82) is 5.26 Å². The SMILES string of the molecule is CCc1ccc(CC)c(C(=O)COC(=O)/C(C#N)=C/c2ccc(OC)cc2)c1. The van der Waals surface area contributed by atoms with Crippen LogP contribution in [0.2, 0.25) is 0 Å². The number of benzene rings is 2. The van der Waals surface area contributed by atoms with E-state index in [1.165, 1.54) is 6.08 Å². The Morgan fingerprint density at radius 3 is 2.36 bits per heavy atom. The second-order valence-corrected chi connectivity index (χ2v) is 6.14. The number of nitrogens with zero attached hydrogens (tertiary/aromatic N) is 1. The van der Waals surface area contributed by atoms with Gasteiger partial charge in [-0.15, -0.1) is 0 Å². The molecule has 0 unspecified atom stereocenters. The fourth-order valence-corrected chi connectivity index (χ4v) is 2.70. The molecule has 5 nitrogen and oxygen atoms in total. The van der Waals surface area contributed by atoms with E-state index in [0.29, 0.717) is 23.3 Å². The molecule has 0 saturated heterocycles. The Morgan fingerprint density at radius 2 is 1.79 bits per heavy atom. The number of hydrogen-bond acceptors (Lipinski definition) is 5. The first-order valence-electron chi connectivity index (χ1n) is 9.10. The second-order valence-electron chi connectivity index (χ2n) is 6.14. The Hall–Kier alpha value is -3.39. The summed E-state index contributed by atoms with van der Waals surface area (Å²) in [6.45, 7) is 3.58. The Morgan fingerprint density at radius 1 is 1.07 bits per heavy atom. The van der Waals surface area contributed by atoms with Crippen molar-refractivity contribution in [2.75, 3.05) is 13.7 Å². The molecule has 144 valence electrons. The second kappa shape index (κ2) is 10.1. The molecule has 0 amide bonds. The summed E-state index contributed by atoms with van der Waals surface area (Å²) in [5.41, 5.74) is 3.00. The molecule has 0 N–H and O–H groups in total. The minimum atomic E-state index is -0.823. The van der Waals surface area contributed by atoms with Crippen molar-refractivity contribution in [2.45, 2.75) is 26.7 Å². The van der Waals surface area contributed by atoms with Crippen LogP contribution in [0.1, 0.15) is 40.9 Å². The number of hydrogen-bond donors (Lipinski definition) is 0. The summed E-state index contributed by atoms with van der Waals surface area (Å²) < 4.78 is 10.2. The lowest BCUT2D eigenvalue weighted by Gasteiger charge is -2.09. The van der Waals surface area contributed by atoms with Gasteiger partial charge in [-0.2, -0.15) is 5.26 Å². The molecule has 5 heteroatoms. The number of carbonyl (C=O) groups is 2. The summed E-state index contributed by atoms with van der Waals surface area (Å²) in [5, 5.41) is 9.26. The van der Waals surface area contributed by atoms with Crippen LogP contribution in [0.5, 0.6) is 5.75 Å². The highest BCUT2D eigenvalue weighted by Crippen LogP contribution is 2.16. The van der Waals surface area contributed by atoms with Gasteiger partial charge >= 0.3 is 5.97 Å². The largest absolute Gasteiger partial charge is 0.497 e. The molecule has 0 bridgehead atoms. The molecular formula is C23H23NO4. The van der Waals surface area contributed by atoms with Crippen molar-refractivity contribution in [1.82, 2.24) is 0 Å². The maximum absolute atomic E-state index is 12.5. The quantitative estimate of drug-likeness (QED) is 0.299. The van der Waals surface area contributed by atoms with Crippen LogP contribution in [0.3, 0.4) is 0 Å². The van der Waals surface area contributed by atoms with Gasteiger partial charge in [0.2, 0.25) is 5.78 Å². The van der Waals surface area contributed by atoms with E-state index in [4.69, 9.17) is 9.47 Å². The van der Waals surface area contributed by atoms with Crippen molar-refractivity contribution in [3.8, 4) is 11.8 Å². The summed E-state index contributed by atoms with van der Waals surface area (Å²) >= 11 is 0. The fraction of sp³-hybridized carbons (Fsp3) is 0.261. The van der Waals surface area contributed by atoms with Gasteiger partial charge in [-0.3, -0.25) is 4.79 Å². The van der Waals surface area contributed by atoms with Gasteiger partial charge in [0.05, 0.1) is 7.11 Å². The third-order valence-electron chi connectivity index (χ3n) is 4.37. The standard InChI is InChI=1S/C23H23NO4/c1-4-16-6-9-18(5-2)21(13-16)22(25)15-28-23(26)19(14-24)12-17-7-10-20(27-3)11-8-17/h6-13H,4-5,15H2,1-3H3/b19-12+. The Balaban J connectivity index is 2.10. The van der Waals surface area contributed by atoms with Crippen molar-refractivity contribution in [3.05, 3.63) is 70.3 Å². The van der Waals surface area contributed by atoms with Crippen molar-refractivity contribution in [3.63, 3.8) is 0 Å². The molecule has 2 aromatic carbocycles. The number of nitriles is 1. The van der Waals surface area contributed by atoms with Crippen LogP contribution in [-0.2, 0) is 22.4 Å². The van der Waals surface area contributed by atoms with E-state index < -0.39 is 12.6 Å². The molecule has 0 saturated carbocycles. The van der Waals surface area contributed by atoms with Crippen LogP contribution in [0.4, 0.5) is 0 Å². The van der Waals surface area contributed by atoms with Crippen LogP contribution in [0.25, 0.3) is 6.08 Å². The van der Waals surface area contributed by atoms with Gasteiger partial charge in [-0.1, -0.05) is 38.1 Å². The molecule has 0 spiro atoms. The van der Waals surface area contributed by atoms with Crippen molar-refractivity contribution in [2.24, 2.45) is 0 Å². The highest BCUT2D eigenvalue weighted by Gasteiger charge is 2.16. The molecule has 0 radical (unpaired) electrons. The third kappa shape index (κ3) is 5.31. The minimum absolute atomic E-state index is 0.170. The summed E-state index contributed by atoms with van der Waals surface area (Å²) in [7, 11) is 1.56. The highest BCUT2D eigenvalue weighted by molar-refractivity contribution is 6.02. The van der Waals surface area contributed by atoms with Gasteiger partial charge in [0.25, 0.3) is 0 Å². The maximum Gasteiger partial charge on any atom is 0.349 e. The van der Waals surface area contributed by atoms with Crippen molar-refractivity contribution >= 4 is 17.8 Å². The number of rotatable bonds is 8. The van der Waals surface area contributed by atoms with Crippen LogP contribution < -0.4 is 4.74 Å². The average Bonchev–Trinajstić information content (AvgIpc) is 2.75. The lowest BCUT2D eigenvalue weighted by molar-refractivity contribution is -0.137. The first-order valence-corrected chi connectivity index (χ1v) is 9.10. The number of esters is 1. The smallest absolute Gasteiger partial charge is 0.349 e. The summed E-state index contributed by atoms with van der Waals surface area (Å²) in [6.07, 6.45) is 2.94. The van der Waals surface area contributed by atoms with Crippen LogP contribution >= 0.6 is 0 Å². The maximum atomic E-state index is 12.5. The number of ketones is 1. The van der Waals surface area contributed by atoms with E-state index in [1.807, 2.05) is 38.1 Å². The zero-order valence-electron chi connectivity index (χ0n) is 16.3. The number of carbonyl (C=O) groups excluding carboxylic acids is 2. The molecule has 28 heavy (non-hydrogen) atoms. The Kier molecular flexibility index (Phi) is 7.53. The van der Waals surface area contributed by atoms with E-state index in [-0.39, 0.29) is 11.4 Å². The predicted molar refractivity (Wildman–Crippen MR) is 107 cm³/mol. The molecular weight excluding hydrogens is 354 g/mol. The van der Waals surface area contributed by atoms with Gasteiger partial charge in [0.15, 0.2) is 6.61 Å². The molecule has 2 aromatic rings. The molecule has 0 atom stereocenters. The van der Waals surface area contributed by atoms with Gasteiger partial charge in [0, 0.05) is 5.56 Å². The topological polar surface area (TPSA) is 76.4 Å². The molecule has 0 aliphatic rings. The third-order valence-corrected chi connectivity index (χ3v) is 4.37. The van der Waals surface area contributed by atoms with Crippen molar-refractivity contribution < 1.29 is 19.1 Å². The number of aryl methyl sites for hydroxylation is 2. The van der Waals surface area contributed by atoms with Crippen LogP contribution in [0, 0.1) is 11.3 Å². The summed E-state index contributed by atoms with van der Waals surface area (Å²) in [6, 6.07) is 14.5. The highest BCUT2D eigenvalue weighted by atomic mass is 16.5. The van der Waals surface area contributed by atoms with E-state index in [0.717, 1.165) is 17.5 Å². The van der Waals surface area contributed by atoms with Gasteiger partial charge in [-0.05, 0) is 53.8 Å². The van der Waals surface area contributed by atoms with E-state index >= 15 is 0 Å². The van der Waals surface area contributed by atoms with Gasteiger partial charge < -0.3 is 9.47 Å². The van der Waals surface area contributed by atoms with E-state index in [1.54, 1.807) is 31.4 Å². The number of methoxy groups -OCH3 is 1. The summed E-state index contributed by atoms with van der Waals surface area (Å²) in [5.74, 6) is -0.427. The minimum Gasteiger partial charge on any atom is -0.497 e. The molecule has 2 rings (SSSR count). The Bertz CT molecular complexity index is 921. The average molecular weight is 377 g/mol. The van der Waals surface area contributed by atoms with Crippen LogP contribution in [-0.4, -0.2) is 25.5 Å². The monoisotopic (exact) mass is 377 g/mol. The zero-order chi connectivity index (χ0) is 20.5. The van der Waals surface area contributed by atoms with Gasteiger partial charge in [0.1, 0.15) is 17.4 Å². The van der Waals surface area contributed by atoms with Crippen LogP contribution in [0.15, 0.2) is 48.0 Å². The van der Waals surface area contributed by atoms with E-state index in [9.17, 15) is 14.9 Å². The fourth-order valence-electron chi connectivity index (χ4n) is 2.70. The zero-order valence-corrected chi connectivity index (χ0v) is 16.3. The first kappa shape index (κ1) is 20.9. The van der Waals surface area contributed by atoms with E-state index in [2.05, 4.69) is 0 Å². The molecule has 0 heterocycles. The molecule has 0 aliphatic carbocycles. The Labute approximate surface area is 165 Å².